The molecule has 0 saturated heterocycles. The zero-order valence-corrected chi connectivity index (χ0v) is 20.1. The Hall–Kier alpha value is -3.78. The standard InChI is InChI=1S/C27H29FN4O3/c1-19-9-11-20(12-10-19)25-17-23(24-8-5-13-30(24)2)29-32(25)26(33)18-31(14-15-35-3)27(34)21-6-4-7-22(28)16-21/h4-13,16,25H,14-15,17-18H2,1-3H3. The highest BCUT2D eigenvalue weighted by Gasteiger charge is 2.35. The summed E-state index contributed by atoms with van der Waals surface area (Å²) in [7, 11) is 3.46. The number of hydrazone groups is 1. The minimum absolute atomic E-state index is 0.179. The number of benzene rings is 2. The summed E-state index contributed by atoms with van der Waals surface area (Å²) in [5.74, 6) is -1.27. The van der Waals surface area contributed by atoms with E-state index in [1.807, 2.05) is 61.1 Å². The second kappa shape index (κ2) is 10.7. The van der Waals surface area contributed by atoms with E-state index >= 15 is 0 Å². The largest absolute Gasteiger partial charge is 0.383 e. The van der Waals surface area contributed by atoms with Crippen LogP contribution in [0.3, 0.4) is 0 Å². The fraction of sp³-hybridized carbons (Fsp3) is 0.296. The Morgan fingerprint density at radius 1 is 1.14 bits per heavy atom. The van der Waals surface area contributed by atoms with Crippen molar-refractivity contribution in [1.29, 1.82) is 0 Å². The van der Waals surface area contributed by atoms with Gasteiger partial charge in [0.2, 0.25) is 0 Å². The Labute approximate surface area is 204 Å². The van der Waals surface area contributed by atoms with E-state index in [-0.39, 0.29) is 37.2 Å². The van der Waals surface area contributed by atoms with Crippen LogP contribution in [0.2, 0.25) is 0 Å². The minimum Gasteiger partial charge on any atom is -0.383 e. The number of carbonyl (C=O) groups excluding carboxylic acids is 2. The summed E-state index contributed by atoms with van der Waals surface area (Å²) in [5.41, 5.74) is 4.01. The highest BCUT2D eigenvalue weighted by molar-refractivity contribution is 6.02. The molecule has 1 unspecified atom stereocenters. The number of ether oxygens (including phenoxy) is 1. The van der Waals surface area contributed by atoms with Crippen molar-refractivity contribution in [1.82, 2.24) is 14.5 Å². The van der Waals surface area contributed by atoms with Crippen LogP contribution in [0.15, 0.2) is 72.0 Å². The van der Waals surface area contributed by atoms with Crippen molar-refractivity contribution in [3.8, 4) is 0 Å². The molecule has 0 fully saturated rings. The molecule has 0 bridgehead atoms. The van der Waals surface area contributed by atoms with Gasteiger partial charge in [0.05, 0.1) is 24.1 Å². The molecule has 0 saturated carbocycles. The van der Waals surface area contributed by atoms with E-state index in [4.69, 9.17) is 9.84 Å². The number of aryl methyl sites for hydroxylation is 2. The molecule has 2 aromatic carbocycles. The van der Waals surface area contributed by atoms with E-state index in [1.54, 1.807) is 0 Å². The summed E-state index contributed by atoms with van der Waals surface area (Å²) in [6, 6.07) is 17.1. The third-order valence-corrected chi connectivity index (χ3v) is 6.12. The molecule has 0 radical (unpaired) electrons. The van der Waals surface area contributed by atoms with E-state index in [9.17, 15) is 14.0 Å². The third kappa shape index (κ3) is 5.49. The SMILES string of the molecule is COCCN(CC(=O)N1N=C(c2cccn2C)CC1c1ccc(C)cc1)C(=O)c1cccc(F)c1. The maximum Gasteiger partial charge on any atom is 0.262 e. The number of halogens is 1. The second-order valence-corrected chi connectivity index (χ2v) is 8.65. The van der Waals surface area contributed by atoms with Gasteiger partial charge in [-0.3, -0.25) is 9.59 Å². The molecular weight excluding hydrogens is 447 g/mol. The van der Waals surface area contributed by atoms with E-state index in [0.29, 0.717) is 6.42 Å². The highest BCUT2D eigenvalue weighted by atomic mass is 19.1. The van der Waals surface area contributed by atoms with Gasteiger partial charge >= 0.3 is 0 Å². The topological polar surface area (TPSA) is 67.1 Å². The molecule has 1 aliphatic heterocycles. The lowest BCUT2D eigenvalue weighted by Crippen LogP contribution is -2.42. The summed E-state index contributed by atoms with van der Waals surface area (Å²) in [6.07, 6.45) is 2.50. The predicted octanol–water partition coefficient (Wildman–Crippen LogP) is 3.94. The van der Waals surface area contributed by atoms with Gasteiger partial charge in [-0.05, 0) is 42.8 Å². The molecule has 0 spiro atoms. The summed E-state index contributed by atoms with van der Waals surface area (Å²) in [6.45, 7) is 2.24. The predicted molar refractivity (Wildman–Crippen MR) is 132 cm³/mol. The Morgan fingerprint density at radius 3 is 2.57 bits per heavy atom. The molecule has 4 rings (SSSR count). The molecule has 1 atom stereocenters. The van der Waals surface area contributed by atoms with Crippen molar-refractivity contribution >= 4 is 17.5 Å². The van der Waals surface area contributed by atoms with Crippen LogP contribution in [-0.4, -0.2) is 58.8 Å². The molecule has 35 heavy (non-hydrogen) atoms. The van der Waals surface area contributed by atoms with E-state index in [2.05, 4.69) is 0 Å². The van der Waals surface area contributed by atoms with Gasteiger partial charge in [0, 0.05) is 38.9 Å². The first kappa shape index (κ1) is 24.3. The van der Waals surface area contributed by atoms with Gasteiger partial charge in [-0.1, -0.05) is 35.9 Å². The summed E-state index contributed by atoms with van der Waals surface area (Å²) in [4.78, 5) is 28.1. The molecule has 2 heterocycles. The van der Waals surface area contributed by atoms with Crippen LogP contribution in [0.1, 0.15) is 39.6 Å². The van der Waals surface area contributed by atoms with Gasteiger partial charge in [0.15, 0.2) is 0 Å². The molecule has 1 aliphatic rings. The molecule has 8 heteroatoms. The van der Waals surface area contributed by atoms with Crippen LogP contribution >= 0.6 is 0 Å². The van der Waals surface area contributed by atoms with Crippen molar-refractivity contribution < 1.29 is 18.7 Å². The van der Waals surface area contributed by atoms with Crippen LogP contribution in [0, 0.1) is 12.7 Å². The van der Waals surface area contributed by atoms with E-state index in [0.717, 1.165) is 22.5 Å². The lowest BCUT2D eigenvalue weighted by molar-refractivity contribution is -0.133. The molecule has 182 valence electrons. The maximum absolute atomic E-state index is 13.7. The molecule has 2 amide bonds. The second-order valence-electron chi connectivity index (χ2n) is 8.65. The molecule has 0 N–H and O–H groups in total. The number of nitrogens with zero attached hydrogens (tertiary/aromatic N) is 4. The summed E-state index contributed by atoms with van der Waals surface area (Å²) >= 11 is 0. The number of methoxy groups -OCH3 is 1. The molecular formula is C27H29FN4O3. The maximum atomic E-state index is 13.7. The first-order valence-electron chi connectivity index (χ1n) is 11.5. The zero-order chi connectivity index (χ0) is 24.9. The fourth-order valence-electron chi connectivity index (χ4n) is 4.20. The van der Waals surface area contributed by atoms with Gasteiger partial charge in [0.25, 0.3) is 11.8 Å². The quantitative estimate of drug-likeness (QED) is 0.495. The van der Waals surface area contributed by atoms with Crippen molar-refractivity contribution in [3.63, 3.8) is 0 Å². The average molecular weight is 477 g/mol. The summed E-state index contributed by atoms with van der Waals surface area (Å²) in [5, 5.41) is 6.18. The average Bonchev–Trinajstić information content (AvgIpc) is 3.48. The van der Waals surface area contributed by atoms with Crippen molar-refractivity contribution in [2.24, 2.45) is 12.1 Å². The normalized spacial score (nSPS) is 15.3. The Bertz CT molecular complexity index is 1240. The molecule has 7 nitrogen and oxygen atoms in total. The summed E-state index contributed by atoms with van der Waals surface area (Å²) < 4.78 is 20.9. The number of hydrogen-bond acceptors (Lipinski definition) is 4. The van der Waals surface area contributed by atoms with Gasteiger partial charge < -0.3 is 14.2 Å². The number of rotatable bonds is 8. The zero-order valence-electron chi connectivity index (χ0n) is 20.1. The van der Waals surface area contributed by atoms with Crippen LogP contribution in [-0.2, 0) is 16.6 Å². The van der Waals surface area contributed by atoms with E-state index < -0.39 is 11.7 Å². The third-order valence-electron chi connectivity index (χ3n) is 6.12. The Balaban J connectivity index is 1.62. The van der Waals surface area contributed by atoms with Gasteiger partial charge in [-0.25, -0.2) is 9.40 Å². The molecule has 3 aromatic rings. The first-order valence-corrected chi connectivity index (χ1v) is 11.5. The lowest BCUT2D eigenvalue weighted by atomic mass is 9.99. The van der Waals surface area contributed by atoms with E-state index in [1.165, 1.54) is 41.3 Å². The van der Waals surface area contributed by atoms with Crippen LogP contribution in [0.4, 0.5) is 4.39 Å². The number of aromatic nitrogens is 1. The number of amides is 2. The first-order chi connectivity index (χ1) is 16.9. The van der Waals surface area contributed by atoms with Crippen molar-refractivity contribution in [2.45, 2.75) is 19.4 Å². The monoisotopic (exact) mass is 476 g/mol. The molecule has 1 aromatic heterocycles. The smallest absolute Gasteiger partial charge is 0.262 e. The fourth-order valence-corrected chi connectivity index (χ4v) is 4.20. The minimum atomic E-state index is -0.510. The Kier molecular flexibility index (Phi) is 7.41. The van der Waals surface area contributed by atoms with Gasteiger partial charge in [-0.15, -0.1) is 0 Å². The van der Waals surface area contributed by atoms with Crippen LogP contribution in [0.25, 0.3) is 0 Å². The number of carbonyl (C=O) groups is 2. The number of hydrogen-bond donors (Lipinski definition) is 0. The lowest BCUT2D eigenvalue weighted by Gasteiger charge is -2.27. The van der Waals surface area contributed by atoms with Crippen molar-refractivity contribution in [3.05, 3.63) is 95.1 Å². The molecule has 0 aliphatic carbocycles. The Morgan fingerprint density at radius 2 is 1.91 bits per heavy atom. The van der Waals surface area contributed by atoms with Gasteiger partial charge in [-0.2, -0.15) is 5.10 Å². The van der Waals surface area contributed by atoms with Crippen molar-refractivity contribution in [2.75, 3.05) is 26.8 Å². The van der Waals surface area contributed by atoms with Crippen LogP contribution < -0.4 is 0 Å². The van der Waals surface area contributed by atoms with Crippen LogP contribution in [0.5, 0.6) is 0 Å². The highest BCUT2D eigenvalue weighted by Crippen LogP contribution is 2.33. The van der Waals surface area contributed by atoms with Gasteiger partial charge in [0.1, 0.15) is 12.4 Å².